The highest BCUT2D eigenvalue weighted by molar-refractivity contribution is 9.10. The lowest BCUT2D eigenvalue weighted by Gasteiger charge is -2.09. The van der Waals surface area contributed by atoms with Crippen LogP contribution in [0, 0.1) is 19.7 Å². The van der Waals surface area contributed by atoms with Gasteiger partial charge in [-0.15, -0.1) is 0 Å². The van der Waals surface area contributed by atoms with Crippen LogP contribution in [-0.2, 0) is 0 Å². The highest BCUT2D eigenvalue weighted by Crippen LogP contribution is 2.25. The van der Waals surface area contributed by atoms with Gasteiger partial charge in [-0.3, -0.25) is 4.79 Å². The Balaban J connectivity index is 3.47. The smallest absolute Gasteiger partial charge is 0.179 e. The molecule has 4 heteroatoms. The number of Topliss-reactive ketones (excluding diaryl/α,β-unsaturated/α-hetero) is 1. The molecule has 0 unspecified atom stereocenters. The van der Waals surface area contributed by atoms with Gasteiger partial charge in [0.15, 0.2) is 5.78 Å². The summed E-state index contributed by atoms with van der Waals surface area (Å²) in [6.45, 7) is 3.37. The van der Waals surface area contributed by atoms with Crippen molar-refractivity contribution in [3.05, 3.63) is 33.0 Å². The van der Waals surface area contributed by atoms with Gasteiger partial charge in [-0.25, -0.2) is 4.39 Å². The third-order valence-corrected chi connectivity index (χ3v) is 2.78. The number of nitrogens with two attached hydrogens (primary N) is 1. The lowest BCUT2D eigenvalue weighted by molar-refractivity contribution is 0.0996. The molecule has 0 spiro atoms. The lowest BCUT2D eigenvalue weighted by atomic mass is 9.99. The molecule has 0 amide bonds. The molecular weight excluding hydrogens is 249 g/mol. The summed E-state index contributed by atoms with van der Waals surface area (Å²) in [6, 6.07) is 1.65. The molecule has 0 atom stereocenters. The van der Waals surface area contributed by atoms with E-state index in [-0.39, 0.29) is 17.9 Å². The maximum absolute atomic E-state index is 13.6. The number of aryl methyl sites for hydroxylation is 1. The van der Waals surface area contributed by atoms with Crippen molar-refractivity contribution in [2.45, 2.75) is 13.8 Å². The van der Waals surface area contributed by atoms with E-state index in [2.05, 4.69) is 15.9 Å². The van der Waals surface area contributed by atoms with E-state index in [9.17, 15) is 9.18 Å². The van der Waals surface area contributed by atoms with Gasteiger partial charge < -0.3 is 5.73 Å². The standard InChI is InChI=1S/C10H11BrFNO/c1-5-3-7(11)10(12)9(6(5)2)8(14)4-13/h3H,4,13H2,1-2H3. The van der Waals surface area contributed by atoms with E-state index in [4.69, 9.17) is 5.73 Å². The minimum atomic E-state index is -0.524. The molecule has 0 fully saturated rings. The first-order valence-electron chi connectivity index (χ1n) is 4.17. The van der Waals surface area contributed by atoms with Crippen LogP contribution < -0.4 is 5.73 Å². The second kappa shape index (κ2) is 4.19. The molecule has 1 aromatic rings. The molecule has 0 aliphatic rings. The van der Waals surface area contributed by atoms with Gasteiger partial charge >= 0.3 is 0 Å². The fraction of sp³-hybridized carbons (Fsp3) is 0.300. The van der Waals surface area contributed by atoms with Crippen LogP contribution in [0.2, 0.25) is 0 Å². The Bertz CT molecular complexity index is 364. The van der Waals surface area contributed by atoms with E-state index < -0.39 is 5.82 Å². The number of hydrogen-bond donors (Lipinski definition) is 1. The number of carbonyl (C=O) groups is 1. The fourth-order valence-electron chi connectivity index (χ4n) is 1.28. The van der Waals surface area contributed by atoms with E-state index in [1.807, 2.05) is 6.92 Å². The van der Waals surface area contributed by atoms with Gasteiger partial charge in [0.2, 0.25) is 0 Å². The molecular formula is C10H11BrFNO. The number of benzene rings is 1. The lowest BCUT2D eigenvalue weighted by Crippen LogP contribution is -2.17. The van der Waals surface area contributed by atoms with Crippen LogP contribution >= 0.6 is 15.9 Å². The van der Waals surface area contributed by atoms with Crippen LogP contribution in [0.4, 0.5) is 4.39 Å². The molecule has 0 aliphatic heterocycles. The summed E-state index contributed by atoms with van der Waals surface area (Å²) in [6.07, 6.45) is 0. The van der Waals surface area contributed by atoms with E-state index in [0.29, 0.717) is 10.0 Å². The third-order valence-electron chi connectivity index (χ3n) is 2.20. The Morgan fingerprint density at radius 1 is 1.57 bits per heavy atom. The van der Waals surface area contributed by atoms with Crippen LogP contribution in [0.1, 0.15) is 21.5 Å². The van der Waals surface area contributed by atoms with Crippen LogP contribution in [0.3, 0.4) is 0 Å². The largest absolute Gasteiger partial charge is 0.324 e. The van der Waals surface area contributed by atoms with Crippen LogP contribution in [-0.4, -0.2) is 12.3 Å². The number of carbonyl (C=O) groups excluding carboxylic acids is 1. The molecule has 0 radical (unpaired) electrons. The first-order valence-corrected chi connectivity index (χ1v) is 4.96. The highest BCUT2D eigenvalue weighted by Gasteiger charge is 2.17. The molecule has 0 saturated heterocycles. The van der Waals surface area contributed by atoms with Gasteiger partial charge in [0, 0.05) is 0 Å². The zero-order valence-electron chi connectivity index (χ0n) is 8.03. The Morgan fingerprint density at radius 3 is 2.64 bits per heavy atom. The Morgan fingerprint density at radius 2 is 2.14 bits per heavy atom. The Hall–Kier alpha value is -0.740. The summed E-state index contributed by atoms with van der Waals surface area (Å²) < 4.78 is 13.9. The van der Waals surface area contributed by atoms with Gasteiger partial charge in [0.25, 0.3) is 0 Å². The molecule has 0 bridgehead atoms. The molecule has 0 saturated carbocycles. The second-order valence-corrected chi connectivity index (χ2v) is 3.97. The molecule has 2 nitrogen and oxygen atoms in total. The summed E-state index contributed by atoms with van der Waals surface area (Å²) in [4.78, 5) is 11.4. The first kappa shape index (κ1) is 11.3. The van der Waals surface area contributed by atoms with Crippen LogP contribution in [0.15, 0.2) is 10.5 Å². The van der Waals surface area contributed by atoms with E-state index in [1.165, 1.54) is 0 Å². The minimum Gasteiger partial charge on any atom is -0.324 e. The quantitative estimate of drug-likeness (QED) is 0.829. The number of hydrogen-bond acceptors (Lipinski definition) is 2. The molecule has 1 rings (SSSR count). The molecule has 2 N–H and O–H groups in total. The molecule has 0 heterocycles. The zero-order chi connectivity index (χ0) is 10.9. The fourth-order valence-corrected chi connectivity index (χ4v) is 1.82. The maximum atomic E-state index is 13.6. The summed E-state index contributed by atoms with van der Waals surface area (Å²) in [5.74, 6) is -0.895. The molecule has 76 valence electrons. The maximum Gasteiger partial charge on any atom is 0.179 e. The minimum absolute atomic E-state index is 0.0966. The van der Waals surface area contributed by atoms with Crippen molar-refractivity contribution in [2.24, 2.45) is 5.73 Å². The predicted molar refractivity (Wildman–Crippen MR) is 57.0 cm³/mol. The summed E-state index contributed by atoms with van der Waals surface area (Å²) >= 11 is 3.06. The zero-order valence-corrected chi connectivity index (χ0v) is 9.61. The highest BCUT2D eigenvalue weighted by atomic mass is 79.9. The van der Waals surface area contributed by atoms with Crippen LogP contribution in [0.25, 0.3) is 0 Å². The van der Waals surface area contributed by atoms with Gasteiger partial charge in [0.05, 0.1) is 16.6 Å². The average molecular weight is 260 g/mol. The van der Waals surface area contributed by atoms with Crippen molar-refractivity contribution in [3.8, 4) is 0 Å². The first-order chi connectivity index (χ1) is 6.49. The van der Waals surface area contributed by atoms with Crippen molar-refractivity contribution >= 4 is 21.7 Å². The van der Waals surface area contributed by atoms with E-state index in [0.717, 1.165) is 5.56 Å². The second-order valence-electron chi connectivity index (χ2n) is 3.12. The molecule has 0 aliphatic carbocycles. The summed E-state index contributed by atoms with van der Waals surface area (Å²) in [7, 11) is 0. The van der Waals surface area contributed by atoms with Gasteiger partial charge in [-0.05, 0) is 47.0 Å². The third kappa shape index (κ3) is 1.86. The predicted octanol–water partition coefficient (Wildman–Crippen LogP) is 2.35. The van der Waals surface area contributed by atoms with E-state index in [1.54, 1.807) is 13.0 Å². The van der Waals surface area contributed by atoms with Gasteiger partial charge in [0.1, 0.15) is 5.82 Å². The van der Waals surface area contributed by atoms with Crippen molar-refractivity contribution in [1.82, 2.24) is 0 Å². The van der Waals surface area contributed by atoms with Crippen molar-refractivity contribution in [3.63, 3.8) is 0 Å². The topological polar surface area (TPSA) is 43.1 Å². The Labute approximate surface area is 90.4 Å². The monoisotopic (exact) mass is 259 g/mol. The van der Waals surface area contributed by atoms with Gasteiger partial charge in [-0.2, -0.15) is 0 Å². The number of rotatable bonds is 2. The Kier molecular flexibility index (Phi) is 3.39. The summed E-state index contributed by atoms with van der Waals surface area (Å²) in [5.41, 5.74) is 6.83. The van der Waals surface area contributed by atoms with Crippen LogP contribution in [0.5, 0.6) is 0 Å². The van der Waals surface area contributed by atoms with Crippen molar-refractivity contribution < 1.29 is 9.18 Å². The van der Waals surface area contributed by atoms with Crippen molar-refractivity contribution in [1.29, 1.82) is 0 Å². The molecule has 14 heavy (non-hydrogen) atoms. The number of ketones is 1. The van der Waals surface area contributed by atoms with E-state index >= 15 is 0 Å². The van der Waals surface area contributed by atoms with Crippen molar-refractivity contribution in [2.75, 3.05) is 6.54 Å². The average Bonchev–Trinajstić information content (AvgIpc) is 2.15. The molecule has 0 aromatic heterocycles. The SMILES string of the molecule is Cc1cc(Br)c(F)c(C(=O)CN)c1C. The molecule has 1 aromatic carbocycles. The normalized spacial score (nSPS) is 10.4. The van der Waals surface area contributed by atoms with Gasteiger partial charge in [-0.1, -0.05) is 0 Å². The summed E-state index contributed by atoms with van der Waals surface area (Å²) in [5, 5.41) is 0. The number of halogens is 2.